The van der Waals surface area contributed by atoms with E-state index >= 15 is 0 Å². The Labute approximate surface area is 205 Å². The first kappa shape index (κ1) is 24.9. The summed E-state index contributed by atoms with van der Waals surface area (Å²) in [7, 11) is 0. The smallest absolute Gasteiger partial charge is 0.250 e. The molecule has 0 radical (unpaired) electrons. The number of unbranched alkanes of at least 4 members (excludes halogenated alkanes) is 1. The summed E-state index contributed by atoms with van der Waals surface area (Å²) in [4.78, 5) is 42.4. The summed E-state index contributed by atoms with van der Waals surface area (Å²) in [5.41, 5.74) is -1.35. The van der Waals surface area contributed by atoms with E-state index in [1.807, 2.05) is 13.8 Å². The van der Waals surface area contributed by atoms with Gasteiger partial charge in [0.25, 0.3) is 0 Å². The molecule has 3 fully saturated rings. The van der Waals surface area contributed by atoms with Gasteiger partial charge in [0, 0.05) is 19.7 Å². The number of nitrogens with one attached hydrogen (secondary N) is 2. The Morgan fingerprint density at radius 3 is 2.65 bits per heavy atom. The highest BCUT2D eigenvalue weighted by Gasteiger charge is 2.78. The number of carbonyl (C=O) groups is 3. The van der Waals surface area contributed by atoms with Crippen LogP contribution in [0.5, 0.6) is 0 Å². The fourth-order valence-corrected chi connectivity index (χ4v) is 6.36. The monoisotopic (exact) mass is 491 g/mol. The van der Waals surface area contributed by atoms with E-state index < -0.39 is 29.1 Å². The van der Waals surface area contributed by atoms with Crippen LogP contribution in [0.25, 0.3) is 0 Å². The molecule has 2 unspecified atom stereocenters. The normalized spacial score (nSPS) is 31.6. The summed E-state index contributed by atoms with van der Waals surface area (Å²) >= 11 is 6.28. The van der Waals surface area contributed by atoms with Crippen LogP contribution in [0, 0.1) is 11.8 Å². The van der Waals surface area contributed by atoms with Crippen molar-refractivity contribution in [3.8, 4) is 0 Å². The van der Waals surface area contributed by atoms with Gasteiger partial charge in [-0.2, -0.15) is 0 Å². The van der Waals surface area contributed by atoms with Crippen molar-refractivity contribution < 1.29 is 24.2 Å². The number of fused-ring (bicyclic) bond motifs is 1. The van der Waals surface area contributed by atoms with Crippen molar-refractivity contribution in [2.24, 2.45) is 11.8 Å². The molecule has 1 spiro atoms. The molecule has 1 aromatic carbocycles. The molecule has 3 aliphatic heterocycles. The topological polar surface area (TPSA) is 108 Å². The van der Waals surface area contributed by atoms with E-state index in [1.54, 1.807) is 29.2 Å². The Balaban J connectivity index is 1.72. The van der Waals surface area contributed by atoms with Crippen molar-refractivity contribution in [2.75, 3.05) is 25.0 Å². The Kier molecular flexibility index (Phi) is 7.22. The van der Waals surface area contributed by atoms with Gasteiger partial charge in [0.2, 0.25) is 17.7 Å². The van der Waals surface area contributed by atoms with E-state index in [9.17, 15) is 19.5 Å². The molecule has 1 aromatic rings. The van der Waals surface area contributed by atoms with Crippen LogP contribution < -0.4 is 10.6 Å². The molecule has 3 N–H and O–H groups in total. The molecule has 9 heteroatoms. The van der Waals surface area contributed by atoms with Crippen molar-refractivity contribution in [1.29, 1.82) is 0 Å². The number of para-hydroxylation sites is 1. The number of halogens is 1. The van der Waals surface area contributed by atoms with Crippen LogP contribution in [0.2, 0.25) is 5.02 Å². The summed E-state index contributed by atoms with van der Waals surface area (Å²) in [6.07, 6.45) is 3.60. The van der Waals surface area contributed by atoms with Gasteiger partial charge in [0.15, 0.2) is 0 Å². The van der Waals surface area contributed by atoms with Gasteiger partial charge in [-0.15, -0.1) is 0 Å². The van der Waals surface area contributed by atoms with Crippen molar-refractivity contribution in [1.82, 2.24) is 10.2 Å². The third kappa shape index (κ3) is 3.89. The summed E-state index contributed by atoms with van der Waals surface area (Å²) < 4.78 is 6.68. The third-order valence-electron chi connectivity index (χ3n) is 7.70. The zero-order valence-corrected chi connectivity index (χ0v) is 20.6. The highest BCUT2D eigenvalue weighted by atomic mass is 35.5. The number of carbonyl (C=O) groups excluding carboxylic acids is 3. The number of aliphatic hydroxyl groups excluding tert-OH is 1. The lowest BCUT2D eigenvalue weighted by molar-refractivity contribution is -0.146. The first-order valence-electron chi connectivity index (χ1n) is 12.3. The minimum absolute atomic E-state index is 0.00455. The number of likely N-dealkylation sites (tertiary alicyclic amines) is 1. The summed E-state index contributed by atoms with van der Waals surface area (Å²) in [6.45, 7) is 4.80. The van der Waals surface area contributed by atoms with Gasteiger partial charge in [0.1, 0.15) is 11.6 Å². The molecule has 3 aliphatic rings. The van der Waals surface area contributed by atoms with Crippen LogP contribution in [0.15, 0.2) is 24.3 Å². The molecule has 3 heterocycles. The average molecular weight is 492 g/mol. The average Bonchev–Trinajstić information content (AvgIpc) is 3.43. The van der Waals surface area contributed by atoms with E-state index in [-0.39, 0.29) is 24.3 Å². The number of hydrogen-bond acceptors (Lipinski definition) is 5. The highest BCUT2D eigenvalue weighted by Crippen LogP contribution is 2.64. The maximum Gasteiger partial charge on any atom is 0.250 e. The van der Waals surface area contributed by atoms with E-state index in [1.165, 1.54) is 0 Å². The Hall–Kier alpha value is -2.16. The molecule has 0 saturated carbocycles. The molecule has 3 amide bonds. The van der Waals surface area contributed by atoms with Crippen molar-refractivity contribution in [3.63, 3.8) is 0 Å². The Morgan fingerprint density at radius 2 is 1.97 bits per heavy atom. The van der Waals surface area contributed by atoms with E-state index in [0.717, 1.165) is 6.42 Å². The molecular weight excluding hydrogens is 458 g/mol. The molecule has 5 atom stereocenters. The molecule has 2 bridgehead atoms. The molecule has 8 nitrogen and oxygen atoms in total. The molecule has 34 heavy (non-hydrogen) atoms. The van der Waals surface area contributed by atoms with Crippen molar-refractivity contribution in [3.05, 3.63) is 29.3 Å². The second-order valence-corrected chi connectivity index (χ2v) is 9.96. The minimum atomic E-state index is -1.06. The minimum Gasteiger partial charge on any atom is -0.396 e. The van der Waals surface area contributed by atoms with E-state index in [2.05, 4.69) is 10.6 Å². The maximum absolute atomic E-state index is 13.8. The molecular formula is C25H34ClN3O5. The number of ether oxygens (including phenoxy) is 1. The summed E-state index contributed by atoms with van der Waals surface area (Å²) in [5.74, 6) is -2.11. The number of hydrogen-bond donors (Lipinski definition) is 3. The number of rotatable bonds is 10. The zero-order chi connectivity index (χ0) is 24.5. The first-order valence-corrected chi connectivity index (χ1v) is 12.7. The van der Waals surface area contributed by atoms with Crippen molar-refractivity contribution >= 4 is 35.0 Å². The summed E-state index contributed by atoms with van der Waals surface area (Å²) in [6, 6.07) is 6.08. The zero-order valence-electron chi connectivity index (χ0n) is 19.8. The van der Waals surface area contributed by atoms with Crippen LogP contribution in [-0.2, 0) is 19.1 Å². The van der Waals surface area contributed by atoms with Gasteiger partial charge in [-0.3, -0.25) is 14.4 Å². The standard InChI is InChI=1S/C25H34ClN3O5/c1-3-13-27-21(31)18-19-23(33)29(14-7-8-15-30)20(25(19)12-11-24(18,4-2)34-25)22(32)28-17-10-6-5-9-16(17)26/h5-6,9-10,18-20,30H,3-4,7-8,11-15H2,1-2H3,(H,27,31)(H,28,32)/t18-,19-,20?,24+,25?/m0/s1. The lowest BCUT2D eigenvalue weighted by atomic mass is 9.65. The summed E-state index contributed by atoms with van der Waals surface area (Å²) in [5, 5.41) is 15.5. The molecule has 3 saturated heterocycles. The number of nitrogens with zero attached hydrogens (tertiary/aromatic N) is 1. The van der Waals surface area contributed by atoms with Crippen LogP contribution in [0.3, 0.4) is 0 Å². The van der Waals surface area contributed by atoms with Crippen LogP contribution in [0.1, 0.15) is 52.4 Å². The number of benzene rings is 1. The van der Waals surface area contributed by atoms with E-state index in [0.29, 0.717) is 55.9 Å². The lowest BCUT2D eigenvalue weighted by Gasteiger charge is -2.34. The number of anilines is 1. The van der Waals surface area contributed by atoms with E-state index in [4.69, 9.17) is 16.3 Å². The largest absolute Gasteiger partial charge is 0.396 e. The quantitative estimate of drug-likeness (QED) is 0.436. The van der Waals surface area contributed by atoms with Gasteiger partial charge in [-0.1, -0.05) is 37.6 Å². The third-order valence-corrected chi connectivity index (χ3v) is 8.03. The van der Waals surface area contributed by atoms with Crippen molar-refractivity contribution in [2.45, 2.75) is 69.6 Å². The SMILES string of the molecule is CCCNC(=O)[C@@H]1[C@H]2C(=O)N(CCCCO)C(C(=O)Nc3ccccc3Cl)C23CC[C@@]1(CC)O3. The fraction of sp³-hybridized carbons (Fsp3) is 0.640. The highest BCUT2D eigenvalue weighted by molar-refractivity contribution is 6.33. The fourth-order valence-electron chi connectivity index (χ4n) is 6.17. The first-order chi connectivity index (χ1) is 16.3. The lowest BCUT2D eigenvalue weighted by Crippen LogP contribution is -2.53. The van der Waals surface area contributed by atoms with Crippen LogP contribution in [-0.4, -0.2) is 64.7 Å². The molecule has 0 aromatic heterocycles. The van der Waals surface area contributed by atoms with Gasteiger partial charge in [0.05, 0.1) is 28.1 Å². The van der Waals surface area contributed by atoms with Crippen LogP contribution >= 0.6 is 11.6 Å². The maximum atomic E-state index is 13.8. The predicted octanol–water partition coefficient (Wildman–Crippen LogP) is 2.73. The second kappa shape index (κ2) is 9.84. The van der Waals surface area contributed by atoms with Gasteiger partial charge in [-0.05, 0) is 50.7 Å². The molecule has 186 valence electrons. The second-order valence-electron chi connectivity index (χ2n) is 9.56. The Bertz CT molecular complexity index is 958. The van der Waals surface area contributed by atoms with Gasteiger partial charge >= 0.3 is 0 Å². The predicted molar refractivity (Wildman–Crippen MR) is 128 cm³/mol. The number of aliphatic hydroxyl groups is 1. The molecule has 0 aliphatic carbocycles. The van der Waals surface area contributed by atoms with Gasteiger partial charge in [-0.25, -0.2) is 0 Å². The van der Waals surface area contributed by atoms with Crippen LogP contribution in [0.4, 0.5) is 5.69 Å². The Morgan fingerprint density at radius 1 is 1.21 bits per heavy atom. The molecule has 4 rings (SSSR count). The van der Waals surface area contributed by atoms with Gasteiger partial charge < -0.3 is 25.4 Å². The number of amides is 3.